The maximum Gasteiger partial charge on any atom is 0.0628 e. The Balaban J connectivity index is 2.84. The van der Waals surface area contributed by atoms with Crippen LogP contribution in [0, 0.1) is 13.8 Å². The highest BCUT2D eigenvalue weighted by molar-refractivity contribution is 5.50. The molecular formula is C16H28N2O. The van der Waals surface area contributed by atoms with Crippen LogP contribution < -0.4 is 10.2 Å². The van der Waals surface area contributed by atoms with Crippen molar-refractivity contribution in [3.63, 3.8) is 0 Å². The molecule has 0 bridgehead atoms. The lowest BCUT2D eigenvalue weighted by atomic mass is 10.0. The average molecular weight is 264 g/mol. The number of benzene rings is 1. The second-order valence-corrected chi connectivity index (χ2v) is 6.22. The molecule has 0 aromatic heterocycles. The molecular weight excluding hydrogens is 236 g/mol. The van der Waals surface area contributed by atoms with Crippen LogP contribution in [0.3, 0.4) is 0 Å². The van der Waals surface area contributed by atoms with Gasteiger partial charge in [0.25, 0.3) is 0 Å². The van der Waals surface area contributed by atoms with Crippen molar-refractivity contribution in [1.82, 2.24) is 5.32 Å². The van der Waals surface area contributed by atoms with Gasteiger partial charge in [-0.25, -0.2) is 0 Å². The summed E-state index contributed by atoms with van der Waals surface area (Å²) in [5.41, 5.74) is 3.44. The van der Waals surface area contributed by atoms with Crippen molar-refractivity contribution in [2.24, 2.45) is 0 Å². The number of likely N-dealkylation sites (N-methyl/N-ethyl adjacent to an activating group) is 1. The monoisotopic (exact) mass is 264 g/mol. The smallest absolute Gasteiger partial charge is 0.0628 e. The molecule has 19 heavy (non-hydrogen) atoms. The average Bonchev–Trinajstić information content (AvgIpc) is 2.26. The van der Waals surface area contributed by atoms with Crippen molar-refractivity contribution in [1.29, 1.82) is 0 Å². The van der Waals surface area contributed by atoms with Crippen molar-refractivity contribution in [2.75, 3.05) is 25.1 Å². The zero-order chi connectivity index (χ0) is 14.6. The third-order valence-electron chi connectivity index (χ3n) is 3.22. The third-order valence-corrected chi connectivity index (χ3v) is 3.22. The quantitative estimate of drug-likeness (QED) is 0.828. The summed E-state index contributed by atoms with van der Waals surface area (Å²) < 4.78 is 0. The van der Waals surface area contributed by atoms with Crippen LogP contribution in [0.2, 0.25) is 0 Å². The second kappa shape index (κ2) is 6.40. The van der Waals surface area contributed by atoms with E-state index < -0.39 is 0 Å². The number of hydrogen-bond donors (Lipinski definition) is 2. The number of aliphatic hydroxyl groups excluding tert-OH is 1. The zero-order valence-electron chi connectivity index (χ0n) is 13.1. The summed E-state index contributed by atoms with van der Waals surface area (Å²) in [6.07, 6.45) is 0. The molecule has 2 N–H and O–H groups in total. The molecule has 3 nitrogen and oxygen atoms in total. The normalized spacial score (nSPS) is 14.5. The van der Waals surface area contributed by atoms with Crippen molar-refractivity contribution in [2.45, 2.75) is 46.2 Å². The molecule has 0 amide bonds. The first kappa shape index (κ1) is 16.0. The number of rotatable bonds is 6. The first-order chi connectivity index (χ1) is 8.75. The Morgan fingerprint density at radius 2 is 1.74 bits per heavy atom. The SMILES string of the molecule is Cc1cc(C)cc(N(C)CC(C)(CO)NC(C)C)c1. The van der Waals surface area contributed by atoms with Crippen molar-refractivity contribution < 1.29 is 5.11 Å². The summed E-state index contributed by atoms with van der Waals surface area (Å²) in [7, 11) is 2.07. The first-order valence-electron chi connectivity index (χ1n) is 6.94. The molecule has 0 fully saturated rings. The van der Waals surface area contributed by atoms with Gasteiger partial charge < -0.3 is 15.3 Å². The van der Waals surface area contributed by atoms with Crippen LogP contribution in [-0.2, 0) is 0 Å². The number of anilines is 1. The van der Waals surface area contributed by atoms with Gasteiger partial charge in [0.2, 0.25) is 0 Å². The minimum atomic E-state index is -0.291. The van der Waals surface area contributed by atoms with E-state index in [9.17, 15) is 5.11 Å². The Morgan fingerprint density at radius 3 is 2.16 bits per heavy atom. The number of nitrogens with one attached hydrogen (secondary N) is 1. The zero-order valence-corrected chi connectivity index (χ0v) is 13.1. The van der Waals surface area contributed by atoms with Gasteiger partial charge in [0.15, 0.2) is 0 Å². The Morgan fingerprint density at radius 1 is 1.21 bits per heavy atom. The molecule has 1 aromatic carbocycles. The lowest BCUT2D eigenvalue weighted by Gasteiger charge is -2.36. The lowest BCUT2D eigenvalue weighted by Crippen LogP contribution is -2.55. The Labute approximate surface area is 117 Å². The van der Waals surface area contributed by atoms with Crippen LogP contribution in [-0.4, -0.2) is 36.9 Å². The van der Waals surface area contributed by atoms with Crippen molar-refractivity contribution in [3.8, 4) is 0 Å². The van der Waals surface area contributed by atoms with Crippen LogP contribution in [0.15, 0.2) is 18.2 Å². The Kier molecular flexibility index (Phi) is 5.39. The van der Waals surface area contributed by atoms with Gasteiger partial charge in [-0.3, -0.25) is 0 Å². The molecule has 0 aliphatic rings. The fourth-order valence-electron chi connectivity index (χ4n) is 2.62. The predicted molar refractivity (Wildman–Crippen MR) is 82.9 cm³/mol. The standard InChI is InChI=1S/C16H28N2O/c1-12(2)17-16(5,11-19)10-18(6)15-8-13(3)7-14(4)9-15/h7-9,12,17,19H,10-11H2,1-6H3. The van der Waals surface area contributed by atoms with Gasteiger partial charge in [0.05, 0.1) is 12.1 Å². The summed E-state index contributed by atoms with van der Waals surface area (Å²) in [4.78, 5) is 2.20. The van der Waals surface area contributed by atoms with Crippen LogP contribution in [0.5, 0.6) is 0 Å². The summed E-state index contributed by atoms with van der Waals surface area (Å²) in [5, 5.41) is 13.1. The molecule has 1 rings (SSSR count). The van der Waals surface area contributed by atoms with Gasteiger partial charge >= 0.3 is 0 Å². The topological polar surface area (TPSA) is 35.5 Å². The maximum absolute atomic E-state index is 9.65. The van der Waals surface area contributed by atoms with E-state index in [2.05, 4.69) is 70.1 Å². The van der Waals surface area contributed by atoms with E-state index >= 15 is 0 Å². The highest BCUT2D eigenvalue weighted by Gasteiger charge is 2.25. The third kappa shape index (κ3) is 4.84. The first-order valence-corrected chi connectivity index (χ1v) is 6.94. The minimum Gasteiger partial charge on any atom is -0.394 e. The number of nitrogens with zero attached hydrogens (tertiary/aromatic N) is 1. The van der Waals surface area contributed by atoms with Crippen LogP contribution in [0.25, 0.3) is 0 Å². The van der Waals surface area contributed by atoms with E-state index in [1.807, 2.05) is 0 Å². The highest BCUT2D eigenvalue weighted by atomic mass is 16.3. The van der Waals surface area contributed by atoms with Gasteiger partial charge in [-0.15, -0.1) is 0 Å². The van der Waals surface area contributed by atoms with Gasteiger partial charge in [0, 0.05) is 25.3 Å². The van der Waals surface area contributed by atoms with Crippen molar-refractivity contribution >= 4 is 5.69 Å². The minimum absolute atomic E-state index is 0.125. The molecule has 0 radical (unpaired) electrons. The molecule has 1 unspecified atom stereocenters. The fraction of sp³-hybridized carbons (Fsp3) is 0.625. The Hall–Kier alpha value is -1.06. The molecule has 0 heterocycles. The molecule has 0 aliphatic carbocycles. The second-order valence-electron chi connectivity index (χ2n) is 6.22. The highest BCUT2D eigenvalue weighted by Crippen LogP contribution is 2.19. The van der Waals surface area contributed by atoms with E-state index in [1.54, 1.807) is 0 Å². The van der Waals surface area contributed by atoms with E-state index in [1.165, 1.54) is 16.8 Å². The van der Waals surface area contributed by atoms with Crippen LogP contribution in [0.4, 0.5) is 5.69 Å². The summed E-state index contributed by atoms with van der Waals surface area (Å²) in [5.74, 6) is 0. The van der Waals surface area contributed by atoms with E-state index in [0.717, 1.165) is 6.54 Å². The van der Waals surface area contributed by atoms with Crippen LogP contribution >= 0.6 is 0 Å². The summed E-state index contributed by atoms with van der Waals surface area (Å²) >= 11 is 0. The lowest BCUT2D eigenvalue weighted by molar-refractivity contribution is 0.170. The molecule has 108 valence electrons. The molecule has 0 saturated carbocycles. The molecule has 3 heteroatoms. The van der Waals surface area contributed by atoms with Gasteiger partial charge in [-0.1, -0.05) is 19.9 Å². The molecule has 1 atom stereocenters. The maximum atomic E-state index is 9.65. The van der Waals surface area contributed by atoms with Gasteiger partial charge in [-0.2, -0.15) is 0 Å². The molecule has 0 saturated heterocycles. The molecule has 0 spiro atoms. The summed E-state index contributed by atoms with van der Waals surface area (Å²) in [6, 6.07) is 6.89. The Bertz CT molecular complexity index is 397. The van der Waals surface area contributed by atoms with Gasteiger partial charge in [0.1, 0.15) is 0 Å². The largest absolute Gasteiger partial charge is 0.394 e. The number of aliphatic hydroxyl groups is 1. The van der Waals surface area contributed by atoms with Crippen molar-refractivity contribution in [3.05, 3.63) is 29.3 Å². The molecule has 0 aliphatic heterocycles. The van der Waals surface area contributed by atoms with Gasteiger partial charge in [-0.05, 0) is 44.0 Å². The number of aryl methyl sites for hydroxylation is 2. The number of hydrogen-bond acceptors (Lipinski definition) is 3. The summed E-state index contributed by atoms with van der Waals surface area (Å²) in [6.45, 7) is 11.4. The van der Waals surface area contributed by atoms with E-state index in [4.69, 9.17) is 0 Å². The predicted octanol–water partition coefficient (Wildman–Crippen LogP) is 2.49. The van der Waals surface area contributed by atoms with Crippen LogP contribution in [0.1, 0.15) is 31.9 Å². The molecule has 1 aromatic rings. The van der Waals surface area contributed by atoms with E-state index in [0.29, 0.717) is 6.04 Å². The van der Waals surface area contributed by atoms with E-state index in [-0.39, 0.29) is 12.1 Å². The fourth-order valence-corrected chi connectivity index (χ4v) is 2.62.